The molecule has 2 nitrogen and oxygen atoms in total. The normalized spacial score (nSPS) is 13.8. The summed E-state index contributed by atoms with van der Waals surface area (Å²) >= 11 is -0.570. The van der Waals surface area contributed by atoms with Gasteiger partial charge in [-0.05, 0) is 24.2 Å². The number of ether oxygens (including phenoxy) is 1. The Kier molecular flexibility index (Phi) is 6.00. The Bertz CT molecular complexity index is 461. The van der Waals surface area contributed by atoms with Crippen LogP contribution in [0.3, 0.4) is 0 Å². The molecule has 1 unspecified atom stereocenters. The van der Waals surface area contributed by atoms with Crippen LogP contribution in [0.2, 0.25) is 0 Å². The molecule has 21 heavy (non-hydrogen) atoms. The van der Waals surface area contributed by atoms with Gasteiger partial charge in [0.1, 0.15) is 0 Å². The van der Waals surface area contributed by atoms with E-state index in [4.69, 9.17) is 0 Å². The zero-order chi connectivity index (χ0) is 16.1. The summed E-state index contributed by atoms with van der Waals surface area (Å²) in [5.41, 5.74) is -4.62. The average Bonchev–Trinajstić information content (AvgIpc) is 2.37. The number of halogens is 5. The molecule has 1 atom stereocenters. The van der Waals surface area contributed by atoms with Gasteiger partial charge in [-0.15, -0.1) is 0 Å². The van der Waals surface area contributed by atoms with Gasteiger partial charge in [0.25, 0.3) is 0 Å². The predicted octanol–water partition coefficient (Wildman–Crippen LogP) is 4.57. The van der Waals surface area contributed by atoms with Crippen LogP contribution in [0.5, 0.6) is 0 Å². The van der Waals surface area contributed by atoms with Crippen molar-refractivity contribution in [2.45, 2.75) is 30.0 Å². The summed E-state index contributed by atoms with van der Waals surface area (Å²) in [6.07, 6.45) is -1.28. The number of carbonyl (C=O) groups excluding carboxylic acids is 1. The van der Waals surface area contributed by atoms with E-state index in [0.717, 1.165) is 0 Å². The van der Waals surface area contributed by atoms with Crippen molar-refractivity contribution in [3.63, 3.8) is 0 Å². The van der Waals surface area contributed by atoms with Crippen LogP contribution in [0.4, 0.5) is 22.0 Å². The molecule has 0 aliphatic carbocycles. The van der Waals surface area contributed by atoms with Crippen LogP contribution >= 0.6 is 11.8 Å². The lowest BCUT2D eigenvalue weighted by Gasteiger charge is -2.23. The first kappa shape index (κ1) is 17.7. The van der Waals surface area contributed by atoms with E-state index in [1.165, 1.54) is 31.2 Å². The highest BCUT2D eigenvalue weighted by atomic mass is 32.2. The average molecular weight is 328 g/mol. The minimum atomic E-state index is -4.69. The zero-order valence-corrected chi connectivity index (χ0v) is 11.8. The number of benzene rings is 1. The van der Waals surface area contributed by atoms with E-state index in [9.17, 15) is 26.7 Å². The third-order valence-electron chi connectivity index (χ3n) is 2.46. The summed E-state index contributed by atoms with van der Waals surface area (Å²) < 4.78 is 69.1. The molecular formula is C13H13F5O2S. The van der Waals surface area contributed by atoms with Crippen molar-refractivity contribution in [1.82, 2.24) is 0 Å². The minimum Gasteiger partial charge on any atom is -0.462 e. The fourth-order valence-corrected chi connectivity index (χ4v) is 2.52. The quantitative estimate of drug-likeness (QED) is 0.565. The van der Waals surface area contributed by atoms with Gasteiger partial charge in [-0.25, -0.2) is 4.79 Å². The Morgan fingerprint density at radius 3 is 2.24 bits per heavy atom. The molecule has 118 valence electrons. The van der Waals surface area contributed by atoms with Crippen LogP contribution in [0.25, 0.3) is 0 Å². The second kappa shape index (κ2) is 7.11. The number of hydrogen-bond acceptors (Lipinski definition) is 3. The molecule has 0 aliphatic heterocycles. The van der Waals surface area contributed by atoms with Crippen molar-refractivity contribution in [3.05, 3.63) is 35.9 Å². The lowest BCUT2D eigenvalue weighted by molar-refractivity contribution is -0.172. The van der Waals surface area contributed by atoms with Gasteiger partial charge < -0.3 is 4.74 Å². The van der Waals surface area contributed by atoms with Crippen molar-refractivity contribution in [2.24, 2.45) is 0 Å². The molecule has 8 heteroatoms. The molecule has 1 aromatic carbocycles. The van der Waals surface area contributed by atoms with E-state index >= 15 is 0 Å². The van der Waals surface area contributed by atoms with Gasteiger partial charge in [-0.2, -0.15) is 22.0 Å². The predicted molar refractivity (Wildman–Crippen MR) is 69.0 cm³/mol. The Balaban J connectivity index is 2.95. The van der Waals surface area contributed by atoms with Crippen LogP contribution in [0.15, 0.2) is 30.3 Å². The molecule has 1 aromatic rings. The summed E-state index contributed by atoms with van der Waals surface area (Å²) in [5, 5.41) is -1.59. The Labute approximate surface area is 122 Å². The van der Waals surface area contributed by atoms with Crippen molar-refractivity contribution in [2.75, 3.05) is 6.61 Å². The highest BCUT2D eigenvalue weighted by Crippen LogP contribution is 2.46. The molecule has 0 saturated carbocycles. The van der Waals surface area contributed by atoms with Gasteiger partial charge in [-0.3, -0.25) is 0 Å². The molecule has 0 amide bonds. The first-order chi connectivity index (χ1) is 9.65. The lowest BCUT2D eigenvalue weighted by atomic mass is 10.1. The molecule has 0 bridgehead atoms. The molecule has 0 fully saturated rings. The summed E-state index contributed by atoms with van der Waals surface area (Å²) in [7, 11) is 0. The van der Waals surface area contributed by atoms with E-state index in [0.29, 0.717) is 0 Å². The molecule has 0 spiro atoms. The van der Waals surface area contributed by atoms with Gasteiger partial charge in [0.15, 0.2) is 0 Å². The standard InChI is InChI=1S/C13H13F5O2S/c1-2-20-11(19)12(14,15)8-10(21-13(16,17)18)9-6-4-3-5-7-9/h3-7,10H,2,8H2,1H3. The molecule has 0 N–H and O–H groups in total. The summed E-state index contributed by atoms with van der Waals surface area (Å²) in [6, 6.07) is 7.07. The second-order valence-corrected chi connectivity index (χ2v) is 5.36. The van der Waals surface area contributed by atoms with Crippen molar-refractivity contribution >= 4 is 17.7 Å². The van der Waals surface area contributed by atoms with Gasteiger partial charge in [-0.1, -0.05) is 30.3 Å². The fourth-order valence-electron chi connectivity index (χ4n) is 1.61. The third-order valence-corrected chi connectivity index (χ3v) is 3.45. The van der Waals surface area contributed by atoms with Crippen molar-refractivity contribution < 1.29 is 31.5 Å². The highest BCUT2D eigenvalue weighted by Gasteiger charge is 2.46. The maximum absolute atomic E-state index is 13.7. The van der Waals surface area contributed by atoms with Crippen LogP contribution in [-0.2, 0) is 9.53 Å². The number of esters is 1. The fraction of sp³-hybridized carbons (Fsp3) is 0.462. The summed E-state index contributed by atoms with van der Waals surface area (Å²) in [4.78, 5) is 11.1. The Morgan fingerprint density at radius 1 is 1.19 bits per heavy atom. The number of hydrogen-bond donors (Lipinski definition) is 0. The SMILES string of the molecule is CCOC(=O)C(F)(F)CC(SC(F)(F)F)c1ccccc1. The van der Waals surface area contributed by atoms with Crippen LogP contribution in [-0.4, -0.2) is 24.0 Å². The maximum atomic E-state index is 13.7. The lowest BCUT2D eigenvalue weighted by Crippen LogP contribution is -2.32. The first-order valence-corrected chi connectivity index (χ1v) is 6.88. The van der Waals surface area contributed by atoms with Crippen LogP contribution in [0.1, 0.15) is 24.2 Å². The Morgan fingerprint density at radius 2 is 1.76 bits per heavy atom. The maximum Gasteiger partial charge on any atom is 0.442 e. The largest absolute Gasteiger partial charge is 0.462 e. The van der Waals surface area contributed by atoms with E-state index < -0.39 is 40.8 Å². The second-order valence-electron chi connectivity index (χ2n) is 4.09. The smallest absolute Gasteiger partial charge is 0.442 e. The van der Waals surface area contributed by atoms with Crippen molar-refractivity contribution in [3.8, 4) is 0 Å². The molecule has 0 heterocycles. The van der Waals surface area contributed by atoms with E-state index in [2.05, 4.69) is 4.74 Å². The van der Waals surface area contributed by atoms with E-state index in [-0.39, 0.29) is 12.2 Å². The number of rotatable bonds is 6. The number of thioether (sulfide) groups is 1. The van der Waals surface area contributed by atoms with Gasteiger partial charge in [0.05, 0.1) is 6.61 Å². The minimum absolute atomic E-state index is 0.0730. The van der Waals surface area contributed by atoms with E-state index in [1.807, 2.05) is 0 Å². The molecule has 0 radical (unpaired) electrons. The highest BCUT2D eigenvalue weighted by molar-refractivity contribution is 8.00. The topological polar surface area (TPSA) is 26.3 Å². The van der Waals surface area contributed by atoms with Crippen LogP contribution < -0.4 is 0 Å². The van der Waals surface area contributed by atoms with Crippen molar-refractivity contribution in [1.29, 1.82) is 0 Å². The van der Waals surface area contributed by atoms with Gasteiger partial charge >= 0.3 is 17.4 Å². The number of alkyl halides is 5. The third kappa shape index (κ3) is 5.91. The molecule has 0 aromatic heterocycles. The molecular weight excluding hydrogens is 315 g/mol. The molecule has 0 aliphatic rings. The Hall–Kier alpha value is -1.31. The van der Waals surface area contributed by atoms with Gasteiger partial charge in [0.2, 0.25) is 0 Å². The molecule has 1 rings (SSSR count). The summed E-state index contributed by atoms with van der Waals surface area (Å²) in [6.45, 7) is 1.07. The van der Waals surface area contributed by atoms with E-state index in [1.54, 1.807) is 6.07 Å². The summed E-state index contributed by atoms with van der Waals surface area (Å²) in [5.74, 6) is -5.79. The molecule has 0 saturated heterocycles. The van der Waals surface area contributed by atoms with Gasteiger partial charge in [0, 0.05) is 11.7 Å². The first-order valence-electron chi connectivity index (χ1n) is 6.00. The number of carbonyl (C=O) groups is 1. The monoisotopic (exact) mass is 328 g/mol. The zero-order valence-electron chi connectivity index (χ0n) is 11.0. The van der Waals surface area contributed by atoms with Crippen LogP contribution in [0, 0.1) is 0 Å².